The number of halogens is 4. The molecule has 2 amide bonds. The number of alkyl halides is 2. The molecular weight excluding hydrogens is 815 g/mol. The zero-order chi connectivity index (χ0) is 43.4. The highest BCUT2D eigenvalue weighted by Crippen LogP contribution is 2.43. The van der Waals surface area contributed by atoms with Gasteiger partial charge in [0.2, 0.25) is 0 Å². The number of anilines is 1. The van der Waals surface area contributed by atoms with Crippen LogP contribution in [0.15, 0.2) is 30.5 Å². The van der Waals surface area contributed by atoms with Crippen molar-refractivity contribution < 1.29 is 50.8 Å². The van der Waals surface area contributed by atoms with Gasteiger partial charge < -0.3 is 38.8 Å². The Labute approximate surface area is 356 Å². The van der Waals surface area contributed by atoms with E-state index in [4.69, 9.17) is 28.7 Å². The molecule has 62 heavy (non-hydrogen) atoms. The number of methoxy groups -OCH3 is 2. The van der Waals surface area contributed by atoms with Crippen molar-refractivity contribution in [2.24, 2.45) is 0 Å². The highest BCUT2D eigenvalue weighted by Gasteiger charge is 2.49. The number of aryl methyl sites for hydroxylation is 1. The molecule has 6 bridgehead atoms. The highest BCUT2D eigenvalue weighted by molar-refractivity contribution is 6.02. The number of pyridine rings is 1. The van der Waals surface area contributed by atoms with Gasteiger partial charge in [0.25, 0.3) is 0 Å². The number of hydrogen-bond donors (Lipinski definition) is 1. The van der Waals surface area contributed by atoms with Crippen LogP contribution >= 0.6 is 0 Å². The number of nitrogens with one attached hydrogen (secondary N) is 1. The summed E-state index contributed by atoms with van der Waals surface area (Å²) in [6.07, 6.45) is 0.666. The van der Waals surface area contributed by atoms with Crippen LogP contribution in [0.4, 0.5) is 33.0 Å². The fraction of sp³-hybridized carbons (Fsp3) is 0.568. The van der Waals surface area contributed by atoms with Gasteiger partial charge in [-0.15, -0.1) is 0 Å². The minimum atomic E-state index is -1.43. The summed E-state index contributed by atoms with van der Waals surface area (Å²) in [6.45, 7) is 3.64. The summed E-state index contributed by atoms with van der Waals surface area (Å²) in [5.41, 5.74) is -2.34. The van der Waals surface area contributed by atoms with Crippen LogP contribution in [0.5, 0.6) is 11.8 Å². The maximum absolute atomic E-state index is 17.6. The van der Waals surface area contributed by atoms with Gasteiger partial charge in [-0.3, -0.25) is 9.88 Å². The van der Waals surface area contributed by atoms with E-state index in [0.717, 1.165) is 13.0 Å². The first-order chi connectivity index (χ1) is 29.8. The molecule has 2 aromatic carbocycles. The van der Waals surface area contributed by atoms with Gasteiger partial charge in [0.1, 0.15) is 47.5 Å². The first-order valence-electron chi connectivity index (χ1n) is 21.3. The van der Waals surface area contributed by atoms with E-state index in [-0.39, 0.29) is 97.3 Å². The standard InChI is InChI=1S/C44H51F4N7O7/c1-42-18-27(45)21-54(23-42)38-32-20-49-36(35(48)37(32)50-39(51-38)61-24-43-9-5-12-55(43)22-28(46)19-43)31-17-29(62-41(57)53-13-10-44(59-3,11-14-53)25-58-2)16-26-7-8-33(47)30(34(26)31)6-4-15-60-40(56)52-42/h7-8,16-17,20,27-28H,4-6,9-15,18-19,21-25H2,1-3H3,(H,52,56)/t27-,28-,42-,43+/m1/s1. The topological polar surface area (TPSA) is 141 Å². The fourth-order valence-corrected chi connectivity index (χ4v) is 10.4. The lowest BCUT2D eigenvalue weighted by Gasteiger charge is -2.42. The van der Waals surface area contributed by atoms with Gasteiger partial charge in [-0.05, 0) is 86.5 Å². The number of amides is 2. The van der Waals surface area contributed by atoms with Crippen molar-refractivity contribution in [2.45, 2.75) is 87.3 Å². The van der Waals surface area contributed by atoms with Crippen molar-refractivity contribution in [3.63, 3.8) is 0 Å². The second-order valence-corrected chi connectivity index (χ2v) is 17.8. The monoisotopic (exact) mass is 865 g/mol. The van der Waals surface area contributed by atoms with Crippen molar-refractivity contribution in [3.05, 3.63) is 47.7 Å². The molecule has 0 aliphatic carbocycles. The fourth-order valence-electron chi connectivity index (χ4n) is 10.4. The Morgan fingerprint density at radius 3 is 2.60 bits per heavy atom. The van der Waals surface area contributed by atoms with E-state index < -0.39 is 52.8 Å². The van der Waals surface area contributed by atoms with Crippen LogP contribution in [0.1, 0.15) is 57.4 Å². The van der Waals surface area contributed by atoms with Crippen molar-refractivity contribution in [2.75, 3.05) is 78.2 Å². The van der Waals surface area contributed by atoms with Crippen LogP contribution in [0.2, 0.25) is 0 Å². The van der Waals surface area contributed by atoms with Gasteiger partial charge in [0.15, 0.2) is 5.82 Å². The van der Waals surface area contributed by atoms with Gasteiger partial charge in [-0.1, -0.05) is 6.07 Å². The number of fused-ring (bicyclic) bond motifs is 7. The number of piperidine rings is 2. The molecule has 332 valence electrons. The molecule has 0 radical (unpaired) electrons. The Bertz CT molecular complexity index is 2390. The lowest BCUT2D eigenvalue weighted by molar-refractivity contribution is -0.0944. The van der Waals surface area contributed by atoms with Gasteiger partial charge in [-0.2, -0.15) is 9.97 Å². The molecule has 0 saturated carbocycles. The van der Waals surface area contributed by atoms with Gasteiger partial charge in [0, 0.05) is 65.0 Å². The average molecular weight is 866 g/mol. The third kappa shape index (κ3) is 7.93. The quantitative estimate of drug-likeness (QED) is 0.198. The molecule has 0 unspecified atom stereocenters. The van der Waals surface area contributed by atoms with Crippen LogP contribution in [-0.2, 0) is 20.6 Å². The van der Waals surface area contributed by atoms with E-state index in [0.29, 0.717) is 56.3 Å². The van der Waals surface area contributed by atoms with Crippen LogP contribution in [0.3, 0.4) is 0 Å². The first kappa shape index (κ1) is 42.2. The molecule has 6 aliphatic rings. The van der Waals surface area contributed by atoms with Crippen molar-refractivity contribution in [1.29, 1.82) is 0 Å². The number of rotatable bonds is 7. The smallest absolute Gasteiger partial charge is 0.415 e. The molecule has 10 rings (SSSR count). The van der Waals surface area contributed by atoms with Crippen LogP contribution < -0.4 is 19.7 Å². The van der Waals surface area contributed by atoms with Crippen LogP contribution in [-0.4, -0.2) is 139 Å². The highest BCUT2D eigenvalue weighted by atomic mass is 19.1. The number of ether oxygens (including phenoxy) is 5. The SMILES string of the molecule is COCC1(OC)CCN(C(=O)Oc2cc3c4c(c(F)ccc4c2)CCCOC(=O)N[C@]2(C)C[C@@H](F)CN(C2)c2nc(OC[C@@]45CCCN4C[C@H](F)C5)nc4c(F)c-3ncc24)CC1. The van der Waals surface area contributed by atoms with E-state index in [1.165, 1.54) is 24.4 Å². The number of benzene rings is 2. The molecule has 0 spiro atoms. The minimum Gasteiger partial charge on any atom is -0.461 e. The molecule has 4 aromatic rings. The van der Waals surface area contributed by atoms with Gasteiger partial charge in [0.05, 0.1) is 41.8 Å². The zero-order valence-electron chi connectivity index (χ0n) is 35.1. The number of likely N-dealkylation sites (tertiary alicyclic amines) is 1. The summed E-state index contributed by atoms with van der Waals surface area (Å²) < 4.78 is 93.0. The third-order valence-electron chi connectivity index (χ3n) is 13.4. The van der Waals surface area contributed by atoms with E-state index in [1.54, 1.807) is 37.0 Å². The Morgan fingerprint density at radius 1 is 1.00 bits per heavy atom. The van der Waals surface area contributed by atoms with E-state index in [9.17, 15) is 14.0 Å². The maximum Gasteiger partial charge on any atom is 0.415 e. The third-order valence-corrected chi connectivity index (χ3v) is 13.4. The molecule has 2 aromatic heterocycles. The second-order valence-electron chi connectivity index (χ2n) is 17.8. The van der Waals surface area contributed by atoms with E-state index in [2.05, 4.69) is 20.2 Å². The lowest BCUT2D eigenvalue weighted by Crippen LogP contribution is -2.60. The molecule has 4 saturated heterocycles. The van der Waals surface area contributed by atoms with Crippen LogP contribution in [0.25, 0.3) is 32.9 Å². The van der Waals surface area contributed by atoms with E-state index >= 15 is 13.2 Å². The number of nitrogens with zero attached hydrogens (tertiary/aromatic N) is 6. The summed E-state index contributed by atoms with van der Waals surface area (Å²) >= 11 is 0. The normalized spacial score (nSPS) is 26.4. The summed E-state index contributed by atoms with van der Waals surface area (Å²) in [7, 11) is 3.21. The van der Waals surface area contributed by atoms with Crippen LogP contribution in [0, 0.1) is 11.6 Å². The Balaban J connectivity index is 1.17. The molecular formula is C44H51F4N7O7. The minimum absolute atomic E-state index is 0.0284. The molecule has 6 aliphatic heterocycles. The summed E-state index contributed by atoms with van der Waals surface area (Å²) in [4.78, 5) is 46.0. The molecule has 4 fully saturated rings. The molecule has 14 nitrogen and oxygen atoms in total. The zero-order valence-corrected chi connectivity index (χ0v) is 35.1. The van der Waals surface area contributed by atoms with Crippen molar-refractivity contribution in [3.8, 4) is 23.0 Å². The molecule has 18 heteroatoms. The van der Waals surface area contributed by atoms with Crippen molar-refractivity contribution in [1.82, 2.24) is 30.1 Å². The number of carbonyl (C=O) groups is 2. The predicted molar refractivity (Wildman–Crippen MR) is 220 cm³/mol. The predicted octanol–water partition coefficient (Wildman–Crippen LogP) is 6.68. The summed E-state index contributed by atoms with van der Waals surface area (Å²) in [5, 5.41) is 3.70. The number of aromatic nitrogens is 3. The van der Waals surface area contributed by atoms with Gasteiger partial charge in [-0.25, -0.2) is 27.2 Å². The number of alkyl carbamates (subject to hydrolysis) is 1. The lowest BCUT2D eigenvalue weighted by atomic mass is 9.90. The largest absolute Gasteiger partial charge is 0.461 e. The first-order valence-corrected chi connectivity index (χ1v) is 21.3. The second kappa shape index (κ2) is 16.6. The van der Waals surface area contributed by atoms with Crippen molar-refractivity contribution >= 4 is 39.7 Å². The Hall–Kier alpha value is -5.07. The number of carbonyl (C=O) groups excluding carboxylic acids is 2. The summed E-state index contributed by atoms with van der Waals surface area (Å²) in [6, 6.07) is 5.64. The Morgan fingerprint density at radius 2 is 1.81 bits per heavy atom. The number of hydrogen-bond acceptors (Lipinski definition) is 12. The Kier molecular flexibility index (Phi) is 11.3. The van der Waals surface area contributed by atoms with Gasteiger partial charge >= 0.3 is 18.2 Å². The summed E-state index contributed by atoms with van der Waals surface area (Å²) in [5.74, 6) is -1.29. The molecule has 8 heterocycles. The maximum atomic E-state index is 17.6. The van der Waals surface area contributed by atoms with E-state index in [1.807, 2.05) is 0 Å². The molecule has 4 atom stereocenters. The molecule has 1 N–H and O–H groups in total. The average Bonchev–Trinajstić information content (AvgIpc) is 3.77.